The first-order valence-electron chi connectivity index (χ1n) is 5.80. The van der Waals surface area contributed by atoms with Gasteiger partial charge in [-0.15, -0.1) is 0 Å². The largest absolute Gasteiger partial charge is 0.383 e. The van der Waals surface area contributed by atoms with Crippen LogP contribution in [-0.4, -0.2) is 5.11 Å². The topological polar surface area (TPSA) is 20.2 Å². The first-order valence-corrected chi connectivity index (χ1v) is 5.80. The third-order valence-electron chi connectivity index (χ3n) is 3.05. The van der Waals surface area contributed by atoms with Crippen LogP contribution in [0.2, 0.25) is 0 Å². The molecule has 2 aromatic carbocycles. The molecule has 19 heavy (non-hydrogen) atoms. The monoisotopic (exact) mass is 266 g/mol. The number of benzene rings is 2. The Hall–Kier alpha value is -1.81. The van der Waals surface area contributed by atoms with Gasteiger partial charge in [0.15, 0.2) is 0 Å². The molecule has 2 rings (SSSR count). The number of hydrogen-bond donors (Lipinski definition) is 1. The summed E-state index contributed by atoms with van der Waals surface area (Å²) in [6.45, 7) is 3.55. The molecular formula is C15H13F3O. The zero-order chi connectivity index (χ0) is 14.2. The number of aliphatic hydroxyl groups excluding tert-OH is 1. The standard InChI is InChI=1S/C15H13F3O/c1-8-3-4-9(2)11(5-8)15(19)14-12(17)6-10(16)7-13(14)18/h3-7,15,19H,1-2H3. The zero-order valence-corrected chi connectivity index (χ0v) is 10.5. The summed E-state index contributed by atoms with van der Waals surface area (Å²) < 4.78 is 40.1. The predicted octanol–water partition coefficient (Wildman–Crippen LogP) is 3.80. The summed E-state index contributed by atoms with van der Waals surface area (Å²) >= 11 is 0. The van der Waals surface area contributed by atoms with Crippen molar-refractivity contribution < 1.29 is 18.3 Å². The zero-order valence-electron chi connectivity index (χ0n) is 10.5. The number of rotatable bonds is 2. The fraction of sp³-hybridized carbons (Fsp3) is 0.200. The van der Waals surface area contributed by atoms with Gasteiger partial charge in [0.25, 0.3) is 0 Å². The summed E-state index contributed by atoms with van der Waals surface area (Å²) in [7, 11) is 0. The van der Waals surface area contributed by atoms with Crippen LogP contribution in [0.5, 0.6) is 0 Å². The highest BCUT2D eigenvalue weighted by Crippen LogP contribution is 2.29. The van der Waals surface area contributed by atoms with E-state index in [9.17, 15) is 18.3 Å². The fourth-order valence-corrected chi connectivity index (χ4v) is 2.02. The second kappa shape index (κ2) is 5.05. The van der Waals surface area contributed by atoms with Crippen molar-refractivity contribution in [2.75, 3.05) is 0 Å². The lowest BCUT2D eigenvalue weighted by molar-refractivity contribution is 0.208. The minimum Gasteiger partial charge on any atom is -0.383 e. The molecular weight excluding hydrogens is 253 g/mol. The van der Waals surface area contributed by atoms with E-state index in [2.05, 4.69) is 0 Å². The Morgan fingerprint density at radius 1 is 0.947 bits per heavy atom. The molecule has 1 nitrogen and oxygen atoms in total. The Kier molecular flexibility index (Phi) is 3.62. The molecule has 1 atom stereocenters. The minimum atomic E-state index is -1.46. The third-order valence-corrected chi connectivity index (χ3v) is 3.05. The van der Waals surface area contributed by atoms with Crippen molar-refractivity contribution in [2.45, 2.75) is 20.0 Å². The van der Waals surface area contributed by atoms with Crippen LogP contribution < -0.4 is 0 Å². The molecule has 0 heterocycles. The average molecular weight is 266 g/mol. The number of hydrogen-bond acceptors (Lipinski definition) is 1. The molecule has 0 aliphatic carbocycles. The van der Waals surface area contributed by atoms with Gasteiger partial charge in [-0.25, -0.2) is 13.2 Å². The summed E-state index contributed by atoms with van der Waals surface area (Å²) in [6, 6.07) is 6.37. The van der Waals surface area contributed by atoms with Gasteiger partial charge in [0.05, 0.1) is 5.56 Å². The molecule has 1 unspecified atom stereocenters. The van der Waals surface area contributed by atoms with E-state index < -0.39 is 29.1 Å². The Labute approximate surface area is 109 Å². The van der Waals surface area contributed by atoms with Crippen molar-refractivity contribution in [3.63, 3.8) is 0 Å². The van der Waals surface area contributed by atoms with Crippen LogP contribution >= 0.6 is 0 Å². The highest BCUT2D eigenvalue weighted by Gasteiger charge is 2.22. The van der Waals surface area contributed by atoms with Gasteiger partial charge in [0.1, 0.15) is 23.6 Å². The van der Waals surface area contributed by atoms with E-state index in [-0.39, 0.29) is 0 Å². The van der Waals surface area contributed by atoms with E-state index in [0.29, 0.717) is 23.3 Å². The van der Waals surface area contributed by atoms with Crippen LogP contribution in [0, 0.1) is 31.3 Å². The lowest BCUT2D eigenvalue weighted by Crippen LogP contribution is -2.08. The maximum Gasteiger partial charge on any atom is 0.135 e. The summed E-state index contributed by atoms with van der Waals surface area (Å²) in [5, 5.41) is 10.1. The number of aryl methyl sites for hydroxylation is 2. The third kappa shape index (κ3) is 2.63. The maximum atomic E-state index is 13.6. The second-order valence-corrected chi connectivity index (χ2v) is 4.55. The molecule has 0 bridgehead atoms. The molecule has 2 aromatic rings. The Morgan fingerprint density at radius 3 is 2.11 bits per heavy atom. The molecule has 1 N–H and O–H groups in total. The molecule has 0 saturated heterocycles. The van der Waals surface area contributed by atoms with Crippen molar-refractivity contribution in [1.29, 1.82) is 0 Å². The van der Waals surface area contributed by atoms with Crippen molar-refractivity contribution in [3.05, 3.63) is 70.0 Å². The first kappa shape index (κ1) is 13.6. The van der Waals surface area contributed by atoms with E-state index in [0.717, 1.165) is 5.56 Å². The maximum absolute atomic E-state index is 13.6. The van der Waals surface area contributed by atoms with Crippen LogP contribution in [-0.2, 0) is 0 Å². The average Bonchev–Trinajstić information content (AvgIpc) is 2.30. The highest BCUT2D eigenvalue weighted by atomic mass is 19.1. The van der Waals surface area contributed by atoms with Gasteiger partial charge in [-0.05, 0) is 25.0 Å². The van der Waals surface area contributed by atoms with E-state index >= 15 is 0 Å². The molecule has 0 aromatic heterocycles. The van der Waals surface area contributed by atoms with Gasteiger partial charge >= 0.3 is 0 Å². The van der Waals surface area contributed by atoms with Gasteiger partial charge in [-0.1, -0.05) is 23.8 Å². The summed E-state index contributed by atoms with van der Waals surface area (Å²) in [6.07, 6.45) is -1.46. The Bertz CT molecular complexity index is 600. The lowest BCUT2D eigenvalue weighted by atomic mass is 9.95. The molecule has 0 aliphatic rings. The molecule has 0 fully saturated rings. The summed E-state index contributed by atoms with van der Waals surface area (Å²) in [5.41, 5.74) is 1.45. The molecule has 100 valence electrons. The van der Waals surface area contributed by atoms with Crippen molar-refractivity contribution in [1.82, 2.24) is 0 Å². The van der Waals surface area contributed by atoms with E-state index in [1.165, 1.54) is 0 Å². The molecule has 0 aliphatic heterocycles. The van der Waals surface area contributed by atoms with Gasteiger partial charge < -0.3 is 5.11 Å². The fourth-order valence-electron chi connectivity index (χ4n) is 2.02. The smallest absolute Gasteiger partial charge is 0.135 e. The van der Waals surface area contributed by atoms with Crippen molar-refractivity contribution in [3.8, 4) is 0 Å². The van der Waals surface area contributed by atoms with Crippen molar-refractivity contribution in [2.24, 2.45) is 0 Å². The highest BCUT2D eigenvalue weighted by molar-refractivity contribution is 5.38. The number of halogens is 3. The second-order valence-electron chi connectivity index (χ2n) is 4.55. The van der Waals surface area contributed by atoms with Gasteiger partial charge in [-0.2, -0.15) is 0 Å². The predicted molar refractivity (Wildman–Crippen MR) is 66.3 cm³/mol. The molecule has 0 amide bonds. The minimum absolute atomic E-state index is 0.407. The van der Waals surface area contributed by atoms with E-state index in [1.807, 2.05) is 13.0 Å². The van der Waals surface area contributed by atoms with Crippen LogP contribution in [0.15, 0.2) is 30.3 Å². The SMILES string of the molecule is Cc1ccc(C)c(C(O)c2c(F)cc(F)cc2F)c1. The lowest BCUT2D eigenvalue weighted by Gasteiger charge is -2.16. The molecule has 0 spiro atoms. The molecule has 0 radical (unpaired) electrons. The van der Waals surface area contributed by atoms with Crippen LogP contribution in [0.4, 0.5) is 13.2 Å². The first-order chi connectivity index (χ1) is 8.90. The number of aliphatic hydroxyl groups is 1. The van der Waals surface area contributed by atoms with Crippen LogP contribution in [0.25, 0.3) is 0 Å². The van der Waals surface area contributed by atoms with Crippen LogP contribution in [0.3, 0.4) is 0 Å². The van der Waals surface area contributed by atoms with E-state index in [1.54, 1.807) is 19.1 Å². The Morgan fingerprint density at radius 2 is 1.53 bits per heavy atom. The van der Waals surface area contributed by atoms with E-state index in [4.69, 9.17) is 0 Å². The van der Waals surface area contributed by atoms with Gasteiger partial charge in [0.2, 0.25) is 0 Å². The van der Waals surface area contributed by atoms with Crippen molar-refractivity contribution >= 4 is 0 Å². The summed E-state index contributed by atoms with van der Waals surface area (Å²) in [5.74, 6) is -3.19. The Balaban J connectivity index is 2.56. The molecule has 4 heteroatoms. The summed E-state index contributed by atoms with van der Waals surface area (Å²) in [4.78, 5) is 0. The normalized spacial score (nSPS) is 12.5. The van der Waals surface area contributed by atoms with Gasteiger partial charge in [-0.3, -0.25) is 0 Å². The quantitative estimate of drug-likeness (QED) is 0.876. The molecule has 0 saturated carbocycles. The van der Waals surface area contributed by atoms with Gasteiger partial charge in [0, 0.05) is 12.1 Å². The van der Waals surface area contributed by atoms with Crippen LogP contribution in [0.1, 0.15) is 28.4 Å².